The van der Waals surface area contributed by atoms with E-state index >= 15 is 0 Å². The Labute approximate surface area is 190 Å². The number of piperidine rings is 1. The fraction of sp³-hybridized carbons (Fsp3) is 0.304. The van der Waals surface area contributed by atoms with Crippen LogP contribution in [0.1, 0.15) is 25.2 Å². The van der Waals surface area contributed by atoms with Crippen molar-refractivity contribution in [3.8, 4) is 22.9 Å². The molecule has 2 aromatic heterocycles. The quantitative estimate of drug-likeness (QED) is 0.379. The molecule has 32 heavy (non-hydrogen) atoms. The highest BCUT2D eigenvalue weighted by Gasteiger charge is 2.22. The molecule has 0 bridgehead atoms. The van der Waals surface area contributed by atoms with E-state index in [0.29, 0.717) is 17.5 Å². The van der Waals surface area contributed by atoms with Gasteiger partial charge in [0.15, 0.2) is 5.16 Å². The maximum absolute atomic E-state index is 5.88. The minimum absolute atomic E-state index is 0.488. The zero-order valence-electron chi connectivity index (χ0n) is 17.8. The van der Waals surface area contributed by atoms with Gasteiger partial charge in [0.25, 0.3) is 0 Å². The van der Waals surface area contributed by atoms with Crippen LogP contribution in [0, 0.1) is 0 Å². The molecule has 1 aliphatic heterocycles. The van der Waals surface area contributed by atoms with Gasteiger partial charge < -0.3 is 14.1 Å². The van der Waals surface area contributed by atoms with E-state index in [1.165, 1.54) is 19.3 Å². The third-order valence-corrected chi connectivity index (χ3v) is 6.31. The zero-order valence-corrected chi connectivity index (χ0v) is 18.7. The number of hydrogen-bond donors (Lipinski definition) is 0. The van der Waals surface area contributed by atoms with Gasteiger partial charge in [0.05, 0.1) is 18.6 Å². The Morgan fingerprint density at radius 1 is 0.906 bits per heavy atom. The summed E-state index contributed by atoms with van der Waals surface area (Å²) in [7, 11) is 1.64. The summed E-state index contributed by atoms with van der Waals surface area (Å²) in [5.74, 6) is 3.22. The second-order valence-corrected chi connectivity index (χ2v) is 8.46. The Morgan fingerprint density at radius 2 is 1.69 bits per heavy atom. The number of methoxy groups -OCH3 is 1. The van der Waals surface area contributed by atoms with E-state index in [2.05, 4.69) is 42.0 Å². The molecule has 164 valence electrons. The van der Waals surface area contributed by atoms with Crippen LogP contribution in [0.15, 0.2) is 64.2 Å². The van der Waals surface area contributed by atoms with Crippen LogP contribution in [-0.2, 0) is 5.75 Å². The van der Waals surface area contributed by atoms with Crippen molar-refractivity contribution in [1.82, 2.24) is 25.0 Å². The van der Waals surface area contributed by atoms with Crippen molar-refractivity contribution < 1.29 is 9.15 Å². The zero-order chi connectivity index (χ0) is 21.8. The predicted molar refractivity (Wildman–Crippen MR) is 123 cm³/mol. The minimum Gasteiger partial charge on any atom is -0.497 e. The summed E-state index contributed by atoms with van der Waals surface area (Å²) in [6.45, 7) is 2.01. The molecule has 0 N–H and O–H groups in total. The lowest BCUT2D eigenvalue weighted by molar-refractivity contribution is 0.415. The van der Waals surface area contributed by atoms with Crippen LogP contribution in [0.4, 0.5) is 5.95 Å². The van der Waals surface area contributed by atoms with Gasteiger partial charge in [0, 0.05) is 18.7 Å². The van der Waals surface area contributed by atoms with E-state index < -0.39 is 0 Å². The van der Waals surface area contributed by atoms with Crippen LogP contribution >= 0.6 is 11.8 Å². The van der Waals surface area contributed by atoms with Crippen molar-refractivity contribution in [3.63, 3.8) is 0 Å². The Morgan fingerprint density at radius 3 is 2.44 bits per heavy atom. The van der Waals surface area contributed by atoms with Gasteiger partial charge in [-0.15, -0.1) is 20.4 Å². The van der Waals surface area contributed by atoms with Crippen LogP contribution in [0.3, 0.4) is 0 Å². The summed E-state index contributed by atoms with van der Waals surface area (Å²) in [6, 6.07) is 17.8. The average Bonchev–Trinajstić information content (AvgIpc) is 3.51. The number of benzene rings is 2. The Kier molecular flexibility index (Phi) is 6.06. The molecule has 0 saturated carbocycles. The van der Waals surface area contributed by atoms with Crippen molar-refractivity contribution in [2.45, 2.75) is 30.2 Å². The molecule has 5 rings (SSSR count). The van der Waals surface area contributed by atoms with Crippen molar-refractivity contribution in [2.75, 3.05) is 25.1 Å². The second-order valence-electron chi connectivity index (χ2n) is 7.52. The number of thioether (sulfide) groups is 1. The van der Waals surface area contributed by atoms with Crippen LogP contribution in [0.5, 0.6) is 5.75 Å². The maximum Gasteiger partial charge on any atom is 0.247 e. The molecular weight excluding hydrogens is 424 g/mol. The minimum atomic E-state index is 0.488. The number of anilines is 1. The van der Waals surface area contributed by atoms with Crippen LogP contribution in [0.25, 0.3) is 17.1 Å². The first-order valence-electron chi connectivity index (χ1n) is 10.7. The van der Waals surface area contributed by atoms with Gasteiger partial charge in [0.1, 0.15) is 5.75 Å². The van der Waals surface area contributed by atoms with Crippen molar-refractivity contribution >= 4 is 17.7 Å². The second kappa shape index (κ2) is 9.44. The van der Waals surface area contributed by atoms with Gasteiger partial charge in [-0.05, 0) is 55.7 Å². The van der Waals surface area contributed by atoms with Gasteiger partial charge in [-0.2, -0.15) is 0 Å². The Balaban J connectivity index is 1.36. The van der Waals surface area contributed by atoms with Crippen molar-refractivity contribution in [3.05, 3.63) is 60.5 Å². The van der Waals surface area contributed by atoms with E-state index in [0.717, 1.165) is 41.2 Å². The highest BCUT2D eigenvalue weighted by molar-refractivity contribution is 7.98. The highest BCUT2D eigenvalue weighted by atomic mass is 32.2. The fourth-order valence-electron chi connectivity index (χ4n) is 3.75. The molecule has 0 aliphatic carbocycles. The highest BCUT2D eigenvalue weighted by Crippen LogP contribution is 2.30. The smallest absolute Gasteiger partial charge is 0.247 e. The summed E-state index contributed by atoms with van der Waals surface area (Å²) in [5, 5.41) is 18.2. The normalized spacial score (nSPS) is 14.0. The SMILES string of the molecule is COc1ccc(-c2nnc(CSc3nnc(N4CCCCC4)n3-c3ccccc3)o2)cc1. The first kappa shape index (κ1) is 20.6. The van der Waals surface area contributed by atoms with E-state index in [1.807, 2.05) is 42.5 Å². The predicted octanol–water partition coefficient (Wildman–Crippen LogP) is 4.61. The lowest BCUT2D eigenvalue weighted by atomic mass is 10.1. The average molecular weight is 449 g/mol. The molecule has 0 radical (unpaired) electrons. The number of aromatic nitrogens is 5. The van der Waals surface area contributed by atoms with Gasteiger partial charge >= 0.3 is 0 Å². The molecule has 3 heterocycles. The van der Waals surface area contributed by atoms with Crippen molar-refractivity contribution in [1.29, 1.82) is 0 Å². The lowest BCUT2D eigenvalue weighted by Gasteiger charge is -2.27. The number of para-hydroxylation sites is 1. The van der Waals surface area contributed by atoms with E-state index in [4.69, 9.17) is 9.15 Å². The summed E-state index contributed by atoms with van der Waals surface area (Å²) < 4.78 is 13.2. The molecule has 4 aromatic rings. The fourth-order valence-corrected chi connectivity index (χ4v) is 4.53. The molecule has 0 unspecified atom stereocenters. The number of ether oxygens (including phenoxy) is 1. The molecule has 1 fully saturated rings. The summed E-state index contributed by atoms with van der Waals surface area (Å²) >= 11 is 1.54. The third kappa shape index (κ3) is 4.34. The van der Waals surface area contributed by atoms with Gasteiger partial charge in [-0.25, -0.2) is 0 Å². The van der Waals surface area contributed by atoms with E-state index in [-0.39, 0.29) is 0 Å². The third-order valence-electron chi connectivity index (χ3n) is 5.40. The first-order chi connectivity index (χ1) is 15.8. The molecule has 0 spiro atoms. The molecule has 9 heteroatoms. The topological polar surface area (TPSA) is 82.1 Å². The molecular formula is C23H24N6O2S. The number of nitrogens with zero attached hydrogens (tertiary/aromatic N) is 6. The number of rotatable bonds is 7. The maximum atomic E-state index is 5.88. The summed E-state index contributed by atoms with van der Waals surface area (Å²) in [4.78, 5) is 2.32. The Bertz CT molecular complexity index is 1150. The molecule has 8 nitrogen and oxygen atoms in total. The first-order valence-corrected chi connectivity index (χ1v) is 11.7. The van der Waals surface area contributed by atoms with Gasteiger partial charge in [0.2, 0.25) is 17.7 Å². The van der Waals surface area contributed by atoms with Gasteiger partial charge in [-0.3, -0.25) is 4.57 Å². The molecule has 0 atom stereocenters. The van der Waals surface area contributed by atoms with E-state index in [9.17, 15) is 0 Å². The van der Waals surface area contributed by atoms with E-state index in [1.54, 1.807) is 18.9 Å². The summed E-state index contributed by atoms with van der Waals surface area (Å²) in [6.07, 6.45) is 3.63. The molecule has 2 aromatic carbocycles. The van der Waals surface area contributed by atoms with Crippen molar-refractivity contribution in [2.24, 2.45) is 0 Å². The standard InChI is InChI=1S/C23H24N6O2S/c1-30-19-12-10-17(11-13-19)21-25-24-20(31-21)16-32-23-27-26-22(28-14-6-3-7-15-28)29(23)18-8-4-2-5-9-18/h2,4-5,8-13H,3,6-7,14-16H2,1H3. The monoisotopic (exact) mass is 448 g/mol. The lowest BCUT2D eigenvalue weighted by Crippen LogP contribution is -2.31. The molecule has 1 aliphatic rings. The molecule has 0 amide bonds. The van der Waals surface area contributed by atoms with Crippen LogP contribution < -0.4 is 9.64 Å². The largest absolute Gasteiger partial charge is 0.497 e. The molecule has 1 saturated heterocycles. The van der Waals surface area contributed by atoms with Gasteiger partial charge in [-0.1, -0.05) is 30.0 Å². The van der Waals surface area contributed by atoms with Crippen LogP contribution in [-0.4, -0.2) is 45.2 Å². The van der Waals surface area contributed by atoms with Crippen LogP contribution in [0.2, 0.25) is 0 Å². The Hall–Kier alpha value is -3.33. The number of hydrogen-bond acceptors (Lipinski definition) is 8. The summed E-state index contributed by atoms with van der Waals surface area (Å²) in [5.41, 5.74) is 1.90.